The van der Waals surface area contributed by atoms with Gasteiger partial charge in [-0.2, -0.15) is 9.40 Å². The number of nitrogens with zero attached hydrogens (tertiary/aromatic N) is 3. The normalized spacial score (nSPS) is 15.6. The van der Waals surface area contributed by atoms with Crippen LogP contribution in [0.4, 0.5) is 5.69 Å². The largest absolute Gasteiger partial charge is 0.354 e. The summed E-state index contributed by atoms with van der Waals surface area (Å²) in [5, 5.41) is 9.20. The van der Waals surface area contributed by atoms with Crippen LogP contribution in [-0.2, 0) is 21.9 Å². The van der Waals surface area contributed by atoms with Crippen molar-refractivity contribution in [2.24, 2.45) is 7.05 Å². The Hall–Kier alpha value is -2.72. The number of hydrogen-bond donors (Lipinski definition) is 2. The van der Waals surface area contributed by atoms with E-state index in [0.29, 0.717) is 11.3 Å². The molecule has 9 nitrogen and oxygen atoms in total. The van der Waals surface area contributed by atoms with Gasteiger partial charge < -0.3 is 10.6 Å². The SMILES string of the molecule is Cn1cc(NC(=O)c2ccc(S(=O)(=O)N3CCNC(=O)C3)cc2)cn1. The number of hydrogen-bond acceptors (Lipinski definition) is 5. The van der Waals surface area contributed by atoms with Gasteiger partial charge >= 0.3 is 0 Å². The van der Waals surface area contributed by atoms with Gasteiger partial charge in [0.25, 0.3) is 5.91 Å². The third-order valence-corrected chi connectivity index (χ3v) is 5.58. The molecule has 0 aliphatic carbocycles. The minimum Gasteiger partial charge on any atom is -0.354 e. The molecular weight excluding hydrogens is 346 g/mol. The van der Waals surface area contributed by atoms with Crippen molar-refractivity contribution >= 4 is 27.5 Å². The second kappa shape index (κ2) is 6.65. The van der Waals surface area contributed by atoms with Crippen LogP contribution >= 0.6 is 0 Å². The molecular formula is C15H17N5O4S. The summed E-state index contributed by atoms with van der Waals surface area (Å²) in [6, 6.07) is 5.59. The van der Waals surface area contributed by atoms with Crippen molar-refractivity contribution in [1.29, 1.82) is 0 Å². The van der Waals surface area contributed by atoms with Crippen molar-refractivity contribution < 1.29 is 18.0 Å². The maximum absolute atomic E-state index is 12.5. The van der Waals surface area contributed by atoms with E-state index in [9.17, 15) is 18.0 Å². The van der Waals surface area contributed by atoms with Crippen molar-refractivity contribution in [3.63, 3.8) is 0 Å². The summed E-state index contributed by atoms with van der Waals surface area (Å²) in [6.45, 7) is 0.298. The highest BCUT2D eigenvalue weighted by molar-refractivity contribution is 7.89. The highest BCUT2D eigenvalue weighted by Gasteiger charge is 2.29. The molecule has 1 fully saturated rings. The van der Waals surface area contributed by atoms with Crippen LogP contribution in [0, 0.1) is 0 Å². The minimum atomic E-state index is -3.77. The van der Waals surface area contributed by atoms with Gasteiger partial charge in [0.2, 0.25) is 15.9 Å². The monoisotopic (exact) mass is 363 g/mol. The smallest absolute Gasteiger partial charge is 0.255 e. The predicted molar refractivity (Wildman–Crippen MR) is 89.4 cm³/mol. The third kappa shape index (κ3) is 3.69. The van der Waals surface area contributed by atoms with Crippen LogP contribution in [0.25, 0.3) is 0 Å². The lowest BCUT2D eigenvalue weighted by Crippen LogP contribution is -2.49. The molecule has 2 heterocycles. The second-order valence-electron chi connectivity index (χ2n) is 5.57. The molecule has 1 aliphatic heterocycles. The van der Waals surface area contributed by atoms with Crippen molar-refractivity contribution in [3.05, 3.63) is 42.2 Å². The maximum Gasteiger partial charge on any atom is 0.255 e. The van der Waals surface area contributed by atoms with Gasteiger partial charge in [-0.25, -0.2) is 8.42 Å². The van der Waals surface area contributed by atoms with Gasteiger partial charge in [-0.1, -0.05) is 0 Å². The van der Waals surface area contributed by atoms with Gasteiger partial charge in [0, 0.05) is 31.9 Å². The molecule has 132 valence electrons. The van der Waals surface area contributed by atoms with Crippen LogP contribution in [0.3, 0.4) is 0 Å². The minimum absolute atomic E-state index is 0.0418. The van der Waals surface area contributed by atoms with Gasteiger partial charge in [0.15, 0.2) is 0 Å². The number of aryl methyl sites for hydroxylation is 1. The van der Waals surface area contributed by atoms with Gasteiger partial charge in [0.05, 0.1) is 23.3 Å². The van der Waals surface area contributed by atoms with E-state index in [1.807, 2.05) is 0 Å². The van der Waals surface area contributed by atoms with Crippen LogP contribution in [0.2, 0.25) is 0 Å². The molecule has 0 saturated carbocycles. The molecule has 1 saturated heterocycles. The Morgan fingerprint density at radius 1 is 1.28 bits per heavy atom. The van der Waals surface area contributed by atoms with Crippen molar-refractivity contribution in [3.8, 4) is 0 Å². The lowest BCUT2D eigenvalue weighted by Gasteiger charge is -2.25. The van der Waals surface area contributed by atoms with Crippen molar-refractivity contribution in [2.75, 3.05) is 25.0 Å². The summed E-state index contributed by atoms with van der Waals surface area (Å²) < 4.78 is 27.8. The number of benzene rings is 1. The van der Waals surface area contributed by atoms with Crippen LogP contribution in [0.15, 0.2) is 41.6 Å². The molecule has 0 unspecified atom stereocenters. The van der Waals surface area contributed by atoms with E-state index < -0.39 is 10.0 Å². The average molecular weight is 363 g/mol. The third-order valence-electron chi connectivity index (χ3n) is 3.72. The van der Waals surface area contributed by atoms with E-state index in [-0.39, 0.29) is 36.3 Å². The fourth-order valence-electron chi connectivity index (χ4n) is 2.44. The first-order valence-corrected chi connectivity index (χ1v) is 8.97. The summed E-state index contributed by atoms with van der Waals surface area (Å²) in [5.41, 5.74) is 0.864. The van der Waals surface area contributed by atoms with Crippen LogP contribution in [0.1, 0.15) is 10.4 Å². The molecule has 25 heavy (non-hydrogen) atoms. The van der Waals surface area contributed by atoms with Gasteiger partial charge in [-0.05, 0) is 24.3 Å². The Labute approximate surface area is 144 Å². The Morgan fingerprint density at radius 2 is 2.00 bits per heavy atom. The molecule has 0 atom stereocenters. The van der Waals surface area contributed by atoms with E-state index in [1.165, 1.54) is 30.5 Å². The van der Waals surface area contributed by atoms with E-state index in [2.05, 4.69) is 15.7 Å². The zero-order valence-corrected chi connectivity index (χ0v) is 14.3. The zero-order valence-electron chi connectivity index (χ0n) is 13.5. The van der Waals surface area contributed by atoms with E-state index in [0.717, 1.165) is 4.31 Å². The standard InChI is InChI=1S/C15H17N5O4S/c1-19-9-12(8-17-19)18-15(22)11-2-4-13(5-3-11)25(23,24)20-7-6-16-14(21)10-20/h2-5,8-9H,6-7,10H2,1H3,(H,16,21)(H,18,22). The molecule has 2 aromatic rings. The van der Waals surface area contributed by atoms with E-state index >= 15 is 0 Å². The number of sulfonamides is 1. The number of carbonyl (C=O) groups excluding carboxylic acids is 2. The van der Waals surface area contributed by atoms with Crippen LogP contribution < -0.4 is 10.6 Å². The fraction of sp³-hybridized carbons (Fsp3) is 0.267. The molecule has 2 N–H and O–H groups in total. The summed E-state index contributed by atoms with van der Waals surface area (Å²) >= 11 is 0. The maximum atomic E-state index is 12.5. The molecule has 1 aliphatic rings. The van der Waals surface area contributed by atoms with Crippen molar-refractivity contribution in [2.45, 2.75) is 4.90 Å². The summed E-state index contributed by atoms with van der Waals surface area (Å²) in [5.74, 6) is -0.698. The van der Waals surface area contributed by atoms with Gasteiger partial charge in [0.1, 0.15) is 0 Å². The number of amides is 2. The Balaban J connectivity index is 1.75. The lowest BCUT2D eigenvalue weighted by atomic mass is 10.2. The van der Waals surface area contributed by atoms with E-state index in [1.54, 1.807) is 17.9 Å². The zero-order chi connectivity index (χ0) is 18.0. The van der Waals surface area contributed by atoms with Crippen molar-refractivity contribution in [1.82, 2.24) is 19.4 Å². The lowest BCUT2D eigenvalue weighted by molar-refractivity contribution is -0.122. The molecule has 2 amide bonds. The predicted octanol–water partition coefficient (Wildman–Crippen LogP) is -0.207. The van der Waals surface area contributed by atoms with Crippen LogP contribution in [-0.4, -0.2) is 54.0 Å². The summed E-state index contributed by atoms with van der Waals surface area (Å²) in [7, 11) is -2.03. The van der Waals surface area contributed by atoms with E-state index in [4.69, 9.17) is 0 Å². The highest BCUT2D eigenvalue weighted by atomic mass is 32.2. The molecule has 0 bridgehead atoms. The number of carbonyl (C=O) groups is 2. The number of rotatable bonds is 4. The summed E-state index contributed by atoms with van der Waals surface area (Å²) in [4.78, 5) is 23.6. The molecule has 1 aromatic carbocycles. The number of aromatic nitrogens is 2. The Kier molecular flexibility index (Phi) is 4.55. The molecule has 10 heteroatoms. The molecule has 0 spiro atoms. The molecule has 1 aromatic heterocycles. The van der Waals surface area contributed by atoms with Crippen LogP contribution in [0.5, 0.6) is 0 Å². The van der Waals surface area contributed by atoms with Gasteiger partial charge in [-0.3, -0.25) is 14.3 Å². The molecule has 0 radical (unpaired) electrons. The average Bonchev–Trinajstić information content (AvgIpc) is 3.00. The molecule has 3 rings (SSSR count). The number of nitrogens with one attached hydrogen (secondary N) is 2. The quantitative estimate of drug-likeness (QED) is 0.781. The van der Waals surface area contributed by atoms with Gasteiger partial charge in [-0.15, -0.1) is 0 Å². The first-order valence-electron chi connectivity index (χ1n) is 7.53. The first kappa shape index (κ1) is 17.1. The Morgan fingerprint density at radius 3 is 2.60 bits per heavy atom. The fourth-order valence-corrected chi connectivity index (χ4v) is 3.83. The number of piperazine rings is 1. The second-order valence-corrected chi connectivity index (χ2v) is 7.51. The number of anilines is 1. The summed E-state index contributed by atoms with van der Waals surface area (Å²) in [6.07, 6.45) is 3.16. The Bertz CT molecular complexity index is 904. The topological polar surface area (TPSA) is 113 Å². The first-order chi connectivity index (χ1) is 11.9. The highest BCUT2D eigenvalue weighted by Crippen LogP contribution is 2.18.